The van der Waals surface area contributed by atoms with Crippen LogP contribution in [0, 0.1) is 12.7 Å². The fraction of sp³-hybridized carbons (Fsp3) is 0.160. The van der Waals surface area contributed by atoms with Crippen molar-refractivity contribution in [2.75, 3.05) is 25.6 Å². The maximum Gasteiger partial charge on any atom is 0.411 e. The Morgan fingerprint density at radius 1 is 1.13 bits per heavy atom. The lowest BCUT2D eigenvalue weighted by Gasteiger charge is -2.10. The lowest BCUT2D eigenvalue weighted by atomic mass is 10.1. The van der Waals surface area contributed by atoms with Crippen LogP contribution in [0.5, 0.6) is 11.6 Å². The number of aromatic nitrogens is 4. The van der Waals surface area contributed by atoms with Crippen LogP contribution in [0.4, 0.5) is 14.9 Å². The Morgan fingerprint density at radius 3 is 2.74 bits per heavy atom. The van der Waals surface area contributed by atoms with E-state index in [0.29, 0.717) is 42.4 Å². The number of pyridine rings is 1. The third kappa shape index (κ3) is 5.47. The van der Waals surface area contributed by atoms with Crippen molar-refractivity contribution in [2.24, 2.45) is 0 Å². The normalized spacial score (nSPS) is 11.1. The van der Waals surface area contributed by atoms with E-state index in [1.165, 1.54) is 36.9 Å². The van der Waals surface area contributed by atoms with Crippen molar-refractivity contribution in [1.82, 2.24) is 19.9 Å². The van der Waals surface area contributed by atoms with Crippen LogP contribution < -0.4 is 14.8 Å². The van der Waals surface area contributed by atoms with Gasteiger partial charge in [0.1, 0.15) is 33.4 Å². The quantitative estimate of drug-likeness (QED) is 0.157. The largest absolute Gasteiger partial charge is 0.487 e. The molecule has 2 aromatic carbocycles. The highest BCUT2D eigenvalue weighted by atomic mass is 79.9. The number of hydrogen-bond donors (Lipinski definition) is 1. The van der Waals surface area contributed by atoms with Crippen LogP contribution in [-0.4, -0.2) is 46.4 Å². The van der Waals surface area contributed by atoms with Gasteiger partial charge in [0.15, 0.2) is 11.6 Å². The summed E-state index contributed by atoms with van der Waals surface area (Å²) in [4.78, 5) is 29.5. The van der Waals surface area contributed by atoms with E-state index in [2.05, 4.69) is 41.2 Å². The highest BCUT2D eigenvalue weighted by molar-refractivity contribution is 9.10. The second-order valence-electron chi connectivity index (χ2n) is 7.94. The summed E-state index contributed by atoms with van der Waals surface area (Å²) in [6, 6.07) is 8.71. The average molecular weight is 619 g/mol. The number of nitrogens with one attached hydrogen (secondary N) is 1. The van der Waals surface area contributed by atoms with Gasteiger partial charge in [-0.2, -0.15) is 0 Å². The van der Waals surface area contributed by atoms with Crippen LogP contribution in [0.2, 0.25) is 5.02 Å². The number of ether oxygens (including phenoxy) is 3. The van der Waals surface area contributed by atoms with Gasteiger partial charge in [-0.15, -0.1) is 11.3 Å². The molecule has 0 fully saturated rings. The minimum atomic E-state index is -0.750. The smallest absolute Gasteiger partial charge is 0.411 e. The van der Waals surface area contributed by atoms with Crippen LogP contribution >= 0.6 is 38.9 Å². The summed E-state index contributed by atoms with van der Waals surface area (Å²) in [5.41, 5.74) is 3.77. The molecule has 9 nitrogen and oxygen atoms in total. The number of aryl methyl sites for hydroxylation is 1. The van der Waals surface area contributed by atoms with Crippen molar-refractivity contribution in [2.45, 2.75) is 6.92 Å². The number of halogens is 3. The standard InChI is InChI=1S/C25H18BrClFN5O4S/c1-12-7-14(22-15(8-12)32-19(35-2)11-30-22)24-33-23-17(38-24)9-16(21(28)20(23)27)36-5-6-37-25(34)31-13-3-4-18(26)29-10-13/h3-4,7-11H,5-6H2,1-2H3,(H,31,34). The summed E-state index contributed by atoms with van der Waals surface area (Å²) in [6.45, 7) is 1.74. The second-order valence-corrected chi connectivity index (χ2v) is 10.2. The predicted octanol–water partition coefficient (Wildman–Crippen LogP) is 6.80. The lowest BCUT2D eigenvalue weighted by molar-refractivity contribution is 0.136. The zero-order valence-electron chi connectivity index (χ0n) is 19.9. The molecule has 38 heavy (non-hydrogen) atoms. The SMILES string of the molecule is COc1cnc2c(-c3nc4c(Cl)c(F)c(OCCOC(=O)Nc5ccc(Br)nc5)cc4s3)cc(C)cc2n1. The number of thiazole rings is 1. The van der Waals surface area contributed by atoms with Crippen molar-refractivity contribution in [3.63, 3.8) is 0 Å². The molecule has 0 spiro atoms. The van der Waals surface area contributed by atoms with Crippen molar-refractivity contribution >= 4 is 71.9 Å². The van der Waals surface area contributed by atoms with Crippen molar-refractivity contribution < 1.29 is 23.4 Å². The molecule has 0 saturated heterocycles. The number of benzene rings is 2. The summed E-state index contributed by atoms with van der Waals surface area (Å²) in [6.07, 6.45) is 2.32. The summed E-state index contributed by atoms with van der Waals surface area (Å²) >= 11 is 10.9. The highest BCUT2D eigenvalue weighted by Gasteiger charge is 2.20. The number of carbonyl (C=O) groups is 1. The van der Waals surface area contributed by atoms with Crippen LogP contribution in [0.25, 0.3) is 31.8 Å². The maximum absolute atomic E-state index is 15.0. The Kier molecular flexibility index (Phi) is 7.54. The third-order valence-corrected chi connectivity index (χ3v) is 7.14. The minimum Gasteiger partial charge on any atom is -0.487 e. The van der Waals surface area contributed by atoms with Crippen molar-refractivity contribution in [3.05, 3.63) is 63.7 Å². The molecular formula is C25H18BrClFN5O4S. The van der Waals surface area contributed by atoms with Gasteiger partial charge >= 0.3 is 6.09 Å². The molecule has 0 unspecified atom stereocenters. The van der Waals surface area contributed by atoms with E-state index in [0.717, 1.165) is 11.1 Å². The lowest BCUT2D eigenvalue weighted by Crippen LogP contribution is -2.18. The van der Waals surface area contributed by atoms with Crippen molar-refractivity contribution in [1.29, 1.82) is 0 Å². The molecule has 0 atom stereocenters. The topological polar surface area (TPSA) is 108 Å². The summed E-state index contributed by atoms with van der Waals surface area (Å²) in [5.74, 6) is -0.422. The number of amides is 1. The Bertz CT molecular complexity index is 1670. The predicted molar refractivity (Wildman–Crippen MR) is 147 cm³/mol. The summed E-state index contributed by atoms with van der Waals surface area (Å²) < 4.78 is 32.1. The van der Waals surface area contributed by atoms with Gasteiger partial charge in [0, 0.05) is 11.6 Å². The van der Waals surface area contributed by atoms with E-state index in [9.17, 15) is 9.18 Å². The first-order chi connectivity index (χ1) is 18.3. The molecule has 0 aliphatic heterocycles. The van der Waals surface area contributed by atoms with Gasteiger partial charge in [-0.3, -0.25) is 5.32 Å². The fourth-order valence-electron chi connectivity index (χ4n) is 3.60. The number of hydrogen-bond acceptors (Lipinski definition) is 9. The number of rotatable bonds is 7. The molecule has 0 radical (unpaired) electrons. The van der Waals surface area contributed by atoms with E-state index in [1.807, 2.05) is 19.1 Å². The molecule has 13 heteroatoms. The molecular weight excluding hydrogens is 601 g/mol. The zero-order valence-corrected chi connectivity index (χ0v) is 23.1. The van der Waals surface area contributed by atoms with Crippen LogP contribution in [-0.2, 0) is 4.74 Å². The van der Waals surface area contributed by atoms with Crippen LogP contribution in [0.1, 0.15) is 5.56 Å². The molecule has 0 bridgehead atoms. The van der Waals surface area contributed by atoms with E-state index in [-0.39, 0.29) is 24.0 Å². The second kappa shape index (κ2) is 11.0. The molecule has 1 amide bonds. The van der Waals surface area contributed by atoms with Crippen LogP contribution in [0.15, 0.2) is 47.3 Å². The Hall–Kier alpha value is -3.61. The molecule has 5 rings (SSSR count). The first-order valence-corrected chi connectivity index (χ1v) is 13.1. The van der Waals surface area contributed by atoms with Crippen LogP contribution in [0.3, 0.4) is 0 Å². The number of anilines is 1. The number of methoxy groups -OCH3 is 1. The number of fused-ring (bicyclic) bond motifs is 2. The first-order valence-electron chi connectivity index (χ1n) is 11.1. The van der Waals surface area contributed by atoms with Gasteiger partial charge in [-0.05, 0) is 52.7 Å². The van der Waals surface area contributed by atoms with Gasteiger partial charge in [0.2, 0.25) is 5.88 Å². The van der Waals surface area contributed by atoms with Gasteiger partial charge in [-0.25, -0.2) is 29.1 Å². The Balaban J connectivity index is 1.33. The van der Waals surface area contributed by atoms with Crippen molar-refractivity contribution in [3.8, 4) is 22.2 Å². The third-order valence-electron chi connectivity index (χ3n) is 5.29. The van der Waals surface area contributed by atoms with Gasteiger partial charge < -0.3 is 14.2 Å². The monoisotopic (exact) mass is 617 g/mol. The molecule has 0 saturated carbocycles. The summed E-state index contributed by atoms with van der Waals surface area (Å²) in [5, 5.41) is 2.98. The molecule has 3 heterocycles. The molecule has 0 aliphatic carbocycles. The van der Waals surface area contributed by atoms with E-state index in [4.69, 9.17) is 25.8 Å². The molecule has 194 valence electrons. The first kappa shape index (κ1) is 26.0. The minimum absolute atomic E-state index is 0.0718. The molecule has 5 aromatic rings. The van der Waals surface area contributed by atoms with E-state index in [1.54, 1.807) is 12.1 Å². The van der Waals surface area contributed by atoms with E-state index >= 15 is 0 Å². The number of carbonyl (C=O) groups excluding carboxylic acids is 1. The summed E-state index contributed by atoms with van der Waals surface area (Å²) in [7, 11) is 1.53. The molecule has 0 aliphatic rings. The zero-order chi connectivity index (χ0) is 26.8. The molecule has 1 N–H and O–H groups in total. The average Bonchev–Trinajstić information content (AvgIpc) is 3.34. The highest BCUT2D eigenvalue weighted by Crippen LogP contribution is 2.40. The fourth-order valence-corrected chi connectivity index (χ4v) is 5.15. The number of nitrogens with zero attached hydrogens (tertiary/aromatic N) is 4. The van der Waals surface area contributed by atoms with E-state index < -0.39 is 11.9 Å². The molecule has 3 aromatic heterocycles. The Labute approximate surface area is 233 Å². The Morgan fingerprint density at radius 2 is 1.97 bits per heavy atom. The van der Waals surface area contributed by atoms with Gasteiger partial charge in [0.25, 0.3) is 0 Å². The maximum atomic E-state index is 15.0. The van der Waals surface area contributed by atoms with Gasteiger partial charge in [-0.1, -0.05) is 11.6 Å². The van der Waals surface area contributed by atoms with Gasteiger partial charge in [0.05, 0.1) is 40.9 Å².